The lowest BCUT2D eigenvalue weighted by molar-refractivity contribution is -0.143. The second-order valence-electron chi connectivity index (χ2n) is 4.62. The Hall–Kier alpha value is -2.64. The molecule has 0 aliphatic rings. The number of rotatable bonds is 10. The molecule has 8 heteroatoms. The van der Waals surface area contributed by atoms with Crippen LogP contribution in [0.5, 0.6) is 5.88 Å². The van der Waals surface area contributed by atoms with E-state index in [2.05, 4.69) is 10.3 Å². The van der Waals surface area contributed by atoms with Crippen molar-refractivity contribution < 1.29 is 28.6 Å². The molecule has 0 atom stereocenters. The third-order valence-corrected chi connectivity index (χ3v) is 2.79. The Bertz CT molecular complexity index is 561. The smallest absolute Gasteiger partial charge is 0.344 e. The molecule has 1 N–H and O–H groups in total. The van der Waals surface area contributed by atoms with Gasteiger partial charge in [0, 0.05) is 19.2 Å². The van der Waals surface area contributed by atoms with Crippen molar-refractivity contribution in [3.05, 3.63) is 23.9 Å². The first kappa shape index (κ1) is 19.4. The van der Waals surface area contributed by atoms with Crippen LogP contribution in [0.3, 0.4) is 0 Å². The predicted molar refractivity (Wildman–Crippen MR) is 84.6 cm³/mol. The van der Waals surface area contributed by atoms with Gasteiger partial charge in [-0.25, -0.2) is 9.78 Å². The normalized spacial score (nSPS) is 9.92. The molecule has 1 amide bonds. The highest BCUT2D eigenvalue weighted by Crippen LogP contribution is 2.15. The standard InChI is InChI=1S/C16H22N2O6/c1-3-22-14(20)8-6-9-17-13(19)11-24-16(21)12-7-5-10-18-15(12)23-4-2/h5,7,10H,3-4,6,8-9,11H2,1-2H3,(H,17,19). The molecule has 0 aliphatic heterocycles. The third-order valence-electron chi connectivity index (χ3n) is 2.79. The summed E-state index contributed by atoms with van der Waals surface area (Å²) in [5, 5.41) is 2.56. The van der Waals surface area contributed by atoms with Crippen LogP contribution in [0.15, 0.2) is 18.3 Å². The molecule has 0 aliphatic carbocycles. The van der Waals surface area contributed by atoms with Crippen LogP contribution in [0.4, 0.5) is 0 Å². The Morgan fingerprint density at radius 2 is 1.96 bits per heavy atom. The summed E-state index contributed by atoms with van der Waals surface area (Å²) in [6.45, 7) is 4.07. The number of hydrogen-bond donors (Lipinski definition) is 1. The highest BCUT2D eigenvalue weighted by Gasteiger charge is 2.16. The maximum Gasteiger partial charge on any atom is 0.344 e. The summed E-state index contributed by atoms with van der Waals surface area (Å²) in [5.41, 5.74) is 0.162. The molecule has 1 rings (SSSR count). The van der Waals surface area contributed by atoms with Gasteiger partial charge < -0.3 is 19.5 Å². The van der Waals surface area contributed by atoms with Crippen LogP contribution in [0.25, 0.3) is 0 Å². The van der Waals surface area contributed by atoms with Crippen molar-refractivity contribution in [2.75, 3.05) is 26.4 Å². The lowest BCUT2D eigenvalue weighted by Gasteiger charge is -2.09. The number of aromatic nitrogens is 1. The van der Waals surface area contributed by atoms with Crippen LogP contribution in [0.2, 0.25) is 0 Å². The molecule has 0 fully saturated rings. The zero-order valence-electron chi connectivity index (χ0n) is 13.9. The van der Waals surface area contributed by atoms with Gasteiger partial charge in [-0.2, -0.15) is 0 Å². The topological polar surface area (TPSA) is 104 Å². The van der Waals surface area contributed by atoms with Crippen molar-refractivity contribution in [1.29, 1.82) is 0 Å². The third kappa shape index (κ3) is 7.08. The van der Waals surface area contributed by atoms with E-state index in [1.165, 1.54) is 12.3 Å². The van der Waals surface area contributed by atoms with Crippen LogP contribution >= 0.6 is 0 Å². The van der Waals surface area contributed by atoms with E-state index in [1.54, 1.807) is 19.9 Å². The Kier molecular flexibility index (Phi) is 8.88. The summed E-state index contributed by atoms with van der Waals surface area (Å²) in [6.07, 6.45) is 2.18. The molecular formula is C16H22N2O6. The molecule has 0 saturated carbocycles. The Morgan fingerprint density at radius 3 is 2.67 bits per heavy atom. The van der Waals surface area contributed by atoms with Crippen LogP contribution in [-0.4, -0.2) is 49.2 Å². The highest BCUT2D eigenvalue weighted by atomic mass is 16.5. The van der Waals surface area contributed by atoms with E-state index < -0.39 is 18.5 Å². The first-order valence-corrected chi connectivity index (χ1v) is 7.75. The van der Waals surface area contributed by atoms with Crippen molar-refractivity contribution in [2.24, 2.45) is 0 Å². The second-order valence-corrected chi connectivity index (χ2v) is 4.62. The van der Waals surface area contributed by atoms with E-state index in [0.717, 1.165) is 0 Å². The number of nitrogens with zero attached hydrogens (tertiary/aromatic N) is 1. The minimum absolute atomic E-state index is 0.162. The van der Waals surface area contributed by atoms with Crippen molar-refractivity contribution in [3.8, 4) is 5.88 Å². The van der Waals surface area contributed by atoms with Gasteiger partial charge in [0.05, 0.1) is 13.2 Å². The number of esters is 2. The Labute approximate surface area is 140 Å². The minimum Gasteiger partial charge on any atom is -0.477 e. The molecule has 24 heavy (non-hydrogen) atoms. The van der Waals surface area contributed by atoms with E-state index in [9.17, 15) is 14.4 Å². The highest BCUT2D eigenvalue weighted by molar-refractivity contribution is 5.93. The fourth-order valence-corrected chi connectivity index (χ4v) is 1.75. The van der Waals surface area contributed by atoms with Crippen LogP contribution < -0.4 is 10.1 Å². The lowest BCUT2D eigenvalue weighted by atomic mass is 10.3. The number of nitrogens with one attached hydrogen (secondary N) is 1. The summed E-state index contributed by atoms with van der Waals surface area (Å²) < 4.78 is 14.9. The number of carbonyl (C=O) groups excluding carboxylic acids is 3. The summed E-state index contributed by atoms with van der Waals surface area (Å²) in [5.74, 6) is -1.28. The summed E-state index contributed by atoms with van der Waals surface area (Å²) in [6, 6.07) is 3.09. The average molecular weight is 338 g/mol. The van der Waals surface area contributed by atoms with Crippen LogP contribution in [-0.2, 0) is 19.1 Å². The maximum absolute atomic E-state index is 12.0. The van der Waals surface area contributed by atoms with Crippen molar-refractivity contribution >= 4 is 17.8 Å². The van der Waals surface area contributed by atoms with Gasteiger partial charge in [0.1, 0.15) is 5.56 Å². The fourth-order valence-electron chi connectivity index (χ4n) is 1.75. The van der Waals surface area contributed by atoms with Gasteiger partial charge >= 0.3 is 11.9 Å². The number of hydrogen-bond acceptors (Lipinski definition) is 7. The van der Waals surface area contributed by atoms with E-state index in [-0.39, 0.29) is 23.8 Å². The molecule has 1 aromatic rings. The number of pyridine rings is 1. The molecule has 0 spiro atoms. The van der Waals surface area contributed by atoms with Crippen LogP contribution in [0, 0.1) is 0 Å². The number of ether oxygens (including phenoxy) is 3. The summed E-state index contributed by atoms with van der Waals surface area (Å²) in [7, 11) is 0. The van der Waals surface area contributed by atoms with E-state index in [0.29, 0.717) is 26.2 Å². The Balaban J connectivity index is 2.31. The van der Waals surface area contributed by atoms with Crippen molar-refractivity contribution in [1.82, 2.24) is 10.3 Å². The molecule has 8 nitrogen and oxygen atoms in total. The maximum atomic E-state index is 12.0. The first-order chi connectivity index (χ1) is 11.6. The predicted octanol–water partition coefficient (Wildman–Crippen LogP) is 1.10. The van der Waals surface area contributed by atoms with E-state index in [4.69, 9.17) is 14.2 Å². The van der Waals surface area contributed by atoms with Gasteiger partial charge in [0.15, 0.2) is 6.61 Å². The first-order valence-electron chi connectivity index (χ1n) is 7.75. The molecule has 132 valence electrons. The van der Waals surface area contributed by atoms with Gasteiger partial charge in [-0.3, -0.25) is 9.59 Å². The zero-order valence-corrected chi connectivity index (χ0v) is 13.9. The number of carbonyl (C=O) groups is 3. The van der Waals surface area contributed by atoms with E-state index in [1.807, 2.05) is 0 Å². The largest absolute Gasteiger partial charge is 0.477 e. The molecule has 1 heterocycles. The average Bonchev–Trinajstić information content (AvgIpc) is 2.57. The van der Waals surface area contributed by atoms with Crippen molar-refractivity contribution in [3.63, 3.8) is 0 Å². The van der Waals surface area contributed by atoms with Gasteiger partial charge in [0.2, 0.25) is 5.88 Å². The SMILES string of the molecule is CCOC(=O)CCCNC(=O)COC(=O)c1cccnc1OCC. The zero-order chi connectivity index (χ0) is 17.8. The van der Waals surface area contributed by atoms with Gasteiger partial charge in [-0.15, -0.1) is 0 Å². The van der Waals surface area contributed by atoms with Crippen molar-refractivity contribution in [2.45, 2.75) is 26.7 Å². The Morgan fingerprint density at radius 1 is 1.17 bits per heavy atom. The summed E-state index contributed by atoms with van der Waals surface area (Å²) in [4.78, 5) is 38.6. The monoisotopic (exact) mass is 338 g/mol. The summed E-state index contributed by atoms with van der Waals surface area (Å²) >= 11 is 0. The van der Waals surface area contributed by atoms with E-state index >= 15 is 0 Å². The number of amides is 1. The van der Waals surface area contributed by atoms with Gasteiger partial charge in [0.25, 0.3) is 5.91 Å². The molecule has 0 aromatic carbocycles. The molecule has 0 unspecified atom stereocenters. The molecule has 1 aromatic heterocycles. The molecule has 0 saturated heterocycles. The second kappa shape index (κ2) is 11.0. The van der Waals surface area contributed by atoms with Crippen LogP contribution in [0.1, 0.15) is 37.0 Å². The lowest BCUT2D eigenvalue weighted by Crippen LogP contribution is -2.30. The quantitative estimate of drug-likeness (QED) is 0.503. The molecule has 0 bridgehead atoms. The van der Waals surface area contributed by atoms with Gasteiger partial charge in [-0.05, 0) is 32.4 Å². The molecule has 0 radical (unpaired) electrons. The molecular weight excluding hydrogens is 316 g/mol. The minimum atomic E-state index is -0.687. The fraction of sp³-hybridized carbons (Fsp3) is 0.500. The van der Waals surface area contributed by atoms with Gasteiger partial charge in [-0.1, -0.05) is 0 Å².